The normalized spacial score (nSPS) is 14.7. The van der Waals surface area contributed by atoms with Crippen molar-refractivity contribution < 1.29 is 5.11 Å². The first-order valence-electron chi connectivity index (χ1n) is 8.81. The molecule has 0 radical (unpaired) electrons. The van der Waals surface area contributed by atoms with Gasteiger partial charge in [0.2, 0.25) is 0 Å². The van der Waals surface area contributed by atoms with Crippen LogP contribution in [0.4, 0.5) is 0 Å². The molecule has 4 nitrogen and oxygen atoms in total. The summed E-state index contributed by atoms with van der Waals surface area (Å²) in [7, 11) is 1.50. The van der Waals surface area contributed by atoms with E-state index < -0.39 is 0 Å². The lowest BCUT2D eigenvalue weighted by molar-refractivity contribution is 0.177. The fraction of sp³-hybridized carbons (Fsp3) is 0.778. The van der Waals surface area contributed by atoms with E-state index in [1.807, 2.05) is 6.08 Å². The summed E-state index contributed by atoms with van der Waals surface area (Å²) in [5.74, 6) is 0.250. The predicted molar refractivity (Wildman–Crippen MR) is 106 cm³/mol. The third-order valence-corrected chi connectivity index (χ3v) is 4.37. The quantitative estimate of drug-likeness (QED) is 0.382. The standard InChI is InChI=1S/C17H33BrN2O.CH5N/c1-4-8-16(9-5-2)20-17(6-3)14(13-21)10-7-11-15(18)12-19;1-2/h7,11-12,14,16-17,20-21H,4-6,8-10,13,19H2,1-3H3;2H2,1H3/b11-7-,15-12+;. The van der Waals surface area contributed by atoms with Crippen LogP contribution in [-0.4, -0.2) is 30.8 Å². The summed E-state index contributed by atoms with van der Waals surface area (Å²) >= 11 is 3.36. The van der Waals surface area contributed by atoms with Gasteiger partial charge < -0.3 is 21.9 Å². The second-order valence-corrected chi connectivity index (χ2v) is 6.50. The van der Waals surface area contributed by atoms with E-state index in [2.05, 4.69) is 53.8 Å². The van der Waals surface area contributed by atoms with Gasteiger partial charge in [-0.15, -0.1) is 0 Å². The van der Waals surface area contributed by atoms with Gasteiger partial charge in [-0.1, -0.05) is 45.8 Å². The van der Waals surface area contributed by atoms with E-state index in [1.165, 1.54) is 38.9 Å². The summed E-state index contributed by atoms with van der Waals surface area (Å²) in [5.41, 5.74) is 9.92. The number of aliphatic hydroxyl groups is 1. The number of nitrogens with two attached hydrogens (primary N) is 2. The highest BCUT2D eigenvalue weighted by Crippen LogP contribution is 2.17. The van der Waals surface area contributed by atoms with Crippen molar-refractivity contribution in [3.8, 4) is 0 Å². The van der Waals surface area contributed by atoms with Gasteiger partial charge in [-0.05, 0) is 48.7 Å². The Morgan fingerprint density at radius 2 is 1.74 bits per heavy atom. The molecule has 0 aliphatic rings. The fourth-order valence-electron chi connectivity index (χ4n) is 2.67. The number of aliphatic hydroxyl groups excluding tert-OH is 1. The van der Waals surface area contributed by atoms with Gasteiger partial charge in [0.15, 0.2) is 0 Å². The molecular formula is C18H38BrN3O. The van der Waals surface area contributed by atoms with Gasteiger partial charge in [0.1, 0.15) is 0 Å². The van der Waals surface area contributed by atoms with Crippen LogP contribution >= 0.6 is 15.9 Å². The molecule has 2 unspecified atom stereocenters. The first-order chi connectivity index (χ1) is 11.1. The molecule has 2 atom stereocenters. The molecule has 0 aliphatic heterocycles. The topological polar surface area (TPSA) is 84.3 Å². The largest absolute Gasteiger partial charge is 0.404 e. The Bertz CT molecular complexity index is 303. The highest BCUT2D eigenvalue weighted by atomic mass is 79.9. The molecule has 0 amide bonds. The number of halogens is 1. The van der Waals surface area contributed by atoms with E-state index in [9.17, 15) is 5.11 Å². The summed E-state index contributed by atoms with van der Waals surface area (Å²) in [4.78, 5) is 0. The van der Waals surface area contributed by atoms with Crippen molar-refractivity contribution in [3.63, 3.8) is 0 Å². The van der Waals surface area contributed by atoms with Crippen LogP contribution in [0.1, 0.15) is 59.3 Å². The molecule has 0 saturated carbocycles. The summed E-state index contributed by atoms with van der Waals surface area (Å²) in [6.45, 7) is 6.86. The Kier molecular flexibility index (Phi) is 19.5. The lowest BCUT2D eigenvalue weighted by Crippen LogP contribution is -2.43. The van der Waals surface area contributed by atoms with Gasteiger partial charge in [0.05, 0.1) is 0 Å². The third-order valence-electron chi connectivity index (χ3n) is 3.84. The number of allylic oxidation sites excluding steroid dienone is 3. The van der Waals surface area contributed by atoms with Crippen molar-refractivity contribution in [2.45, 2.75) is 71.4 Å². The lowest BCUT2D eigenvalue weighted by atomic mass is 9.92. The molecule has 6 N–H and O–H groups in total. The Morgan fingerprint density at radius 3 is 2.13 bits per heavy atom. The molecule has 0 spiro atoms. The maximum absolute atomic E-state index is 9.70. The maximum atomic E-state index is 9.70. The molecule has 0 rings (SSSR count). The monoisotopic (exact) mass is 391 g/mol. The van der Waals surface area contributed by atoms with Gasteiger partial charge in [-0.3, -0.25) is 0 Å². The van der Waals surface area contributed by atoms with Gasteiger partial charge in [-0.25, -0.2) is 0 Å². The average Bonchev–Trinajstić information content (AvgIpc) is 2.58. The highest BCUT2D eigenvalue weighted by molar-refractivity contribution is 9.11. The first kappa shape index (κ1) is 24.9. The van der Waals surface area contributed by atoms with Gasteiger partial charge in [0.25, 0.3) is 0 Å². The molecule has 0 aromatic heterocycles. The SMILES string of the molecule is CCCC(CCC)NC(CC)C(CO)C/C=C\C(Br)=C/N.CN. The van der Waals surface area contributed by atoms with Crippen molar-refractivity contribution >= 4 is 15.9 Å². The van der Waals surface area contributed by atoms with E-state index in [1.54, 1.807) is 0 Å². The third kappa shape index (κ3) is 12.7. The fourth-order valence-corrected chi connectivity index (χ4v) is 2.86. The molecule has 0 fully saturated rings. The van der Waals surface area contributed by atoms with E-state index in [0.717, 1.165) is 17.3 Å². The minimum Gasteiger partial charge on any atom is -0.404 e. The molecule has 5 heteroatoms. The lowest BCUT2D eigenvalue weighted by Gasteiger charge is -2.30. The number of hydrogen-bond acceptors (Lipinski definition) is 4. The van der Waals surface area contributed by atoms with Crippen LogP contribution in [0, 0.1) is 5.92 Å². The Labute approximate surface area is 151 Å². The number of nitrogens with one attached hydrogen (secondary N) is 1. The van der Waals surface area contributed by atoms with Crippen molar-refractivity contribution in [3.05, 3.63) is 22.8 Å². The van der Waals surface area contributed by atoms with Crippen LogP contribution < -0.4 is 16.8 Å². The minimum atomic E-state index is 0.213. The van der Waals surface area contributed by atoms with E-state index in [4.69, 9.17) is 5.73 Å². The van der Waals surface area contributed by atoms with Gasteiger partial charge in [0, 0.05) is 35.3 Å². The number of hydrogen-bond donors (Lipinski definition) is 4. The van der Waals surface area contributed by atoms with Gasteiger partial charge >= 0.3 is 0 Å². The first-order valence-corrected chi connectivity index (χ1v) is 9.60. The van der Waals surface area contributed by atoms with Crippen LogP contribution in [0.3, 0.4) is 0 Å². The highest BCUT2D eigenvalue weighted by Gasteiger charge is 2.20. The van der Waals surface area contributed by atoms with Crippen LogP contribution in [0.5, 0.6) is 0 Å². The Hall–Kier alpha value is -0.360. The second-order valence-electron chi connectivity index (χ2n) is 5.59. The van der Waals surface area contributed by atoms with Crippen LogP contribution in [-0.2, 0) is 0 Å². The molecule has 0 aromatic carbocycles. The second kappa shape index (κ2) is 18.0. The van der Waals surface area contributed by atoms with Gasteiger partial charge in [-0.2, -0.15) is 0 Å². The summed E-state index contributed by atoms with van der Waals surface area (Å²) in [5, 5.41) is 13.5. The summed E-state index contributed by atoms with van der Waals surface area (Å²) in [6.07, 6.45) is 12.3. The maximum Gasteiger partial charge on any atom is 0.0477 e. The van der Waals surface area contributed by atoms with E-state index in [-0.39, 0.29) is 12.5 Å². The summed E-state index contributed by atoms with van der Waals surface area (Å²) < 4.78 is 0.870. The van der Waals surface area contributed by atoms with Crippen LogP contribution in [0.15, 0.2) is 22.8 Å². The molecular weight excluding hydrogens is 354 g/mol. The zero-order valence-electron chi connectivity index (χ0n) is 15.4. The van der Waals surface area contributed by atoms with Crippen molar-refractivity contribution in [1.29, 1.82) is 0 Å². The zero-order chi connectivity index (χ0) is 18.1. The van der Waals surface area contributed by atoms with Crippen molar-refractivity contribution in [1.82, 2.24) is 5.32 Å². The summed E-state index contributed by atoms with van der Waals surface area (Å²) in [6, 6.07) is 0.932. The molecule has 0 aromatic rings. The Morgan fingerprint density at radius 1 is 1.17 bits per heavy atom. The van der Waals surface area contributed by atoms with Crippen molar-refractivity contribution in [2.24, 2.45) is 17.4 Å². The number of rotatable bonds is 12. The molecule has 138 valence electrons. The predicted octanol–water partition coefficient (Wildman–Crippen LogP) is 3.65. The van der Waals surface area contributed by atoms with Crippen molar-refractivity contribution in [2.75, 3.05) is 13.7 Å². The molecule has 23 heavy (non-hydrogen) atoms. The average molecular weight is 392 g/mol. The zero-order valence-corrected chi connectivity index (χ0v) is 17.0. The molecule has 0 heterocycles. The molecule has 0 saturated heterocycles. The van der Waals surface area contributed by atoms with E-state index in [0.29, 0.717) is 12.1 Å². The smallest absolute Gasteiger partial charge is 0.0477 e. The van der Waals surface area contributed by atoms with E-state index >= 15 is 0 Å². The van der Waals surface area contributed by atoms with Crippen LogP contribution in [0.2, 0.25) is 0 Å². The molecule has 0 bridgehead atoms. The Balaban J connectivity index is 0. The molecule has 0 aliphatic carbocycles. The minimum absolute atomic E-state index is 0.213. The van der Waals surface area contributed by atoms with Crippen LogP contribution in [0.25, 0.3) is 0 Å².